The number of benzene rings is 1. The fraction of sp³-hybridized carbons (Fsp3) is 0.417. The highest BCUT2D eigenvalue weighted by atomic mass is 32.2. The van der Waals surface area contributed by atoms with Crippen molar-refractivity contribution in [2.24, 2.45) is 5.92 Å². The van der Waals surface area contributed by atoms with Crippen LogP contribution in [0.25, 0.3) is 0 Å². The van der Waals surface area contributed by atoms with E-state index in [1.807, 2.05) is 0 Å². The molecule has 0 saturated carbocycles. The summed E-state index contributed by atoms with van der Waals surface area (Å²) in [5.41, 5.74) is 5.36. The van der Waals surface area contributed by atoms with Gasteiger partial charge >= 0.3 is 5.97 Å². The van der Waals surface area contributed by atoms with Gasteiger partial charge in [-0.15, -0.1) is 0 Å². The molecule has 1 fully saturated rings. The highest BCUT2D eigenvalue weighted by Gasteiger charge is 2.25. The topological polar surface area (TPSA) is 107 Å². The van der Waals surface area contributed by atoms with Crippen molar-refractivity contribution < 1.29 is 23.1 Å². The van der Waals surface area contributed by atoms with Gasteiger partial charge in [0.15, 0.2) is 9.84 Å². The van der Waals surface area contributed by atoms with Crippen LogP contribution in [0.3, 0.4) is 0 Å². The predicted octanol–water partition coefficient (Wildman–Crippen LogP) is 0.777. The summed E-state index contributed by atoms with van der Waals surface area (Å²) in [7, 11) is -3.52. The van der Waals surface area contributed by atoms with E-state index in [0.29, 0.717) is 19.6 Å². The molecule has 0 radical (unpaired) electrons. The first-order chi connectivity index (χ1) is 8.90. The highest BCUT2D eigenvalue weighted by molar-refractivity contribution is 7.91. The van der Waals surface area contributed by atoms with Crippen LogP contribution in [-0.2, 0) is 14.6 Å². The molecule has 2 rings (SSSR count). The van der Waals surface area contributed by atoms with Crippen molar-refractivity contribution in [2.45, 2.75) is 11.3 Å². The molecule has 1 aliphatic rings. The van der Waals surface area contributed by atoms with Crippen LogP contribution in [0.5, 0.6) is 0 Å². The second-order valence-corrected chi connectivity index (χ2v) is 6.60. The van der Waals surface area contributed by atoms with E-state index in [2.05, 4.69) is 0 Å². The predicted molar refractivity (Wildman–Crippen MR) is 68.8 cm³/mol. The average Bonchev–Trinajstić information content (AvgIpc) is 2.80. The maximum Gasteiger partial charge on any atom is 0.337 e. The fourth-order valence-corrected chi connectivity index (χ4v) is 3.68. The Morgan fingerprint density at radius 2 is 2.21 bits per heavy atom. The second kappa shape index (κ2) is 5.18. The molecule has 0 aromatic heterocycles. The zero-order chi connectivity index (χ0) is 14.0. The summed E-state index contributed by atoms with van der Waals surface area (Å²) in [6.07, 6.45) is 0.708. The van der Waals surface area contributed by atoms with E-state index >= 15 is 0 Å². The molecule has 1 aromatic carbocycles. The molecule has 1 aliphatic heterocycles. The quantitative estimate of drug-likeness (QED) is 0.792. The van der Waals surface area contributed by atoms with E-state index in [0.717, 1.165) is 6.07 Å². The van der Waals surface area contributed by atoms with Crippen molar-refractivity contribution in [3.8, 4) is 0 Å². The molecule has 1 unspecified atom stereocenters. The van der Waals surface area contributed by atoms with E-state index < -0.39 is 15.8 Å². The van der Waals surface area contributed by atoms with Gasteiger partial charge in [0.2, 0.25) is 0 Å². The minimum absolute atomic E-state index is 0.00833. The molecule has 104 valence electrons. The maximum atomic E-state index is 12.2. The summed E-state index contributed by atoms with van der Waals surface area (Å²) in [4.78, 5) is 10.9. The Balaban J connectivity index is 2.29. The second-order valence-electron chi connectivity index (χ2n) is 4.57. The third-order valence-electron chi connectivity index (χ3n) is 3.09. The van der Waals surface area contributed by atoms with Gasteiger partial charge < -0.3 is 15.6 Å². The largest absolute Gasteiger partial charge is 0.478 e. The number of rotatable bonds is 4. The van der Waals surface area contributed by atoms with Crippen LogP contribution in [0.1, 0.15) is 16.8 Å². The molecular formula is C12H15NO5S. The molecular weight excluding hydrogens is 270 g/mol. The Morgan fingerprint density at radius 1 is 1.47 bits per heavy atom. The number of carboxylic acids is 1. The fourth-order valence-electron chi connectivity index (χ4n) is 2.04. The first kappa shape index (κ1) is 13.8. The van der Waals surface area contributed by atoms with Gasteiger partial charge in [0.25, 0.3) is 0 Å². The first-order valence-electron chi connectivity index (χ1n) is 5.83. The van der Waals surface area contributed by atoms with Crippen LogP contribution >= 0.6 is 0 Å². The number of carbonyl (C=O) groups is 1. The number of anilines is 1. The van der Waals surface area contributed by atoms with E-state index in [-0.39, 0.29) is 27.8 Å². The number of aromatic carboxylic acids is 1. The number of ether oxygens (including phenoxy) is 1. The van der Waals surface area contributed by atoms with Gasteiger partial charge in [0.05, 0.1) is 22.8 Å². The van der Waals surface area contributed by atoms with Gasteiger partial charge in [-0.05, 0) is 30.5 Å². The molecule has 1 heterocycles. The zero-order valence-corrected chi connectivity index (χ0v) is 11.0. The summed E-state index contributed by atoms with van der Waals surface area (Å²) in [6, 6.07) is 3.76. The van der Waals surface area contributed by atoms with Gasteiger partial charge in [0, 0.05) is 12.3 Å². The minimum atomic E-state index is -3.52. The van der Waals surface area contributed by atoms with Crippen LogP contribution in [0.4, 0.5) is 5.69 Å². The van der Waals surface area contributed by atoms with Gasteiger partial charge in [0.1, 0.15) is 0 Å². The lowest BCUT2D eigenvalue weighted by atomic mass is 10.2. The summed E-state index contributed by atoms with van der Waals surface area (Å²) in [5, 5.41) is 8.95. The van der Waals surface area contributed by atoms with Crippen molar-refractivity contribution in [1.29, 1.82) is 0 Å². The Bertz CT molecular complexity index is 590. The van der Waals surface area contributed by atoms with Crippen LogP contribution in [0.2, 0.25) is 0 Å². The molecule has 1 saturated heterocycles. The summed E-state index contributed by atoms with van der Waals surface area (Å²) in [6.45, 7) is 1.00. The number of carboxylic acid groups (broad SMARTS) is 1. The molecule has 1 atom stereocenters. The lowest BCUT2D eigenvalue weighted by Crippen LogP contribution is -2.17. The lowest BCUT2D eigenvalue weighted by molar-refractivity contribution is 0.0698. The summed E-state index contributed by atoms with van der Waals surface area (Å²) in [5.74, 6) is -1.30. The Morgan fingerprint density at radius 3 is 2.79 bits per heavy atom. The van der Waals surface area contributed by atoms with Gasteiger partial charge in [-0.1, -0.05) is 0 Å². The van der Waals surface area contributed by atoms with Crippen molar-refractivity contribution in [3.05, 3.63) is 23.8 Å². The van der Waals surface area contributed by atoms with Crippen LogP contribution < -0.4 is 5.73 Å². The lowest BCUT2D eigenvalue weighted by Gasteiger charge is -2.10. The van der Waals surface area contributed by atoms with Crippen LogP contribution in [0.15, 0.2) is 23.1 Å². The van der Waals surface area contributed by atoms with Gasteiger partial charge in [-0.2, -0.15) is 0 Å². The Kier molecular flexibility index (Phi) is 3.77. The SMILES string of the molecule is Nc1ccc(S(=O)(=O)CC2CCOC2)cc1C(=O)O. The molecule has 0 spiro atoms. The number of nitrogens with two attached hydrogens (primary N) is 1. The smallest absolute Gasteiger partial charge is 0.337 e. The number of sulfone groups is 1. The first-order valence-corrected chi connectivity index (χ1v) is 7.48. The Hall–Kier alpha value is -1.60. The standard InChI is InChI=1S/C12H15NO5S/c13-11-2-1-9(5-10(11)12(14)15)19(16,17)7-8-3-4-18-6-8/h1-2,5,8H,3-4,6-7,13H2,(H,14,15). The molecule has 0 bridgehead atoms. The maximum absolute atomic E-state index is 12.2. The van der Waals surface area contributed by atoms with Crippen molar-refractivity contribution in [3.63, 3.8) is 0 Å². The van der Waals surface area contributed by atoms with Crippen molar-refractivity contribution in [1.82, 2.24) is 0 Å². The number of nitrogen functional groups attached to an aromatic ring is 1. The third-order valence-corrected chi connectivity index (χ3v) is 4.98. The molecule has 7 heteroatoms. The van der Waals surface area contributed by atoms with E-state index in [1.165, 1.54) is 12.1 Å². The molecule has 0 amide bonds. The normalized spacial score (nSPS) is 19.5. The minimum Gasteiger partial charge on any atom is -0.478 e. The van der Waals surface area contributed by atoms with Gasteiger partial charge in [-0.25, -0.2) is 13.2 Å². The van der Waals surface area contributed by atoms with Crippen molar-refractivity contribution in [2.75, 3.05) is 24.7 Å². The highest BCUT2D eigenvalue weighted by Crippen LogP contribution is 2.23. The van der Waals surface area contributed by atoms with E-state index in [1.54, 1.807) is 0 Å². The van der Waals surface area contributed by atoms with Crippen LogP contribution in [0, 0.1) is 5.92 Å². The molecule has 0 aliphatic carbocycles. The molecule has 1 aromatic rings. The Labute approximate surface area is 111 Å². The molecule has 3 N–H and O–H groups in total. The monoisotopic (exact) mass is 285 g/mol. The average molecular weight is 285 g/mol. The zero-order valence-electron chi connectivity index (χ0n) is 10.2. The number of hydrogen-bond acceptors (Lipinski definition) is 5. The molecule has 6 nitrogen and oxygen atoms in total. The van der Waals surface area contributed by atoms with Crippen LogP contribution in [-0.4, -0.2) is 38.5 Å². The summed E-state index contributed by atoms with van der Waals surface area (Å²) >= 11 is 0. The molecule has 19 heavy (non-hydrogen) atoms. The number of hydrogen-bond donors (Lipinski definition) is 2. The summed E-state index contributed by atoms with van der Waals surface area (Å²) < 4.78 is 29.5. The van der Waals surface area contributed by atoms with Gasteiger partial charge in [-0.3, -0.25) is 0 Å². The van der Waals surface area contributed by atoms with E-state index in [9.17, 15) is 13.2 Å². The third kappa shape index (κ3) is 3.05. The van der Waals surface area contributed by atoms with E-state index in [4.69, 9.17) is 15.6 Å². The van der Waals surface area contributed by atoms with Crippen molar-refractivity contribution >= 4 is 21.5 Å².